The summed E-state index contributed by atoms with van der Waals surface area (Å²) >= 11 is 0. The molecule has 0 radical (unpaired) electrons. The molecule has 0 fully saturated rings. The Morgan fingerprint density at radius 2 is 1.94 bits per heavy atom. The molecule has 1 rings (SSSR count). The van der Waals surface area contributed by atoms with Crippen molar-refractivity contribution in [3.8, 4) is 0 Å². The third-order valence-electron chi connectivity index (χ3n) is 2.51. The highest BCUT2D eigenvalue weighted by molar-refractivity contribution is 5.79. The summed E-state index contributed by atoms with van der Waals surface area (Å²) in [6.07, 6.45) is 0.963. The summed E-state index contributed by atoms with van der Waals surface area (Å²) in [7, 11) is 0. The number of benzene rings is 1. The van der Waals surface area contributed by atoms with Crippen molar-refractivity contribution in [2.45, 2.75) is 20.3 Å². The molecule has 0 bridgehead atoms. The summed E-state index contributed by atoms with van der Waals surface area (Å²) < 4.78 is 12.8. The number of amides is 1. The molecule has 0 spiro atoms. The van der Waals surface area contributed by atoms with E-state index in [9.17, 15) is 9.18 Å². The van der Waals surface area contributed by atoms with Crippen molar-refractivity contribution >= 4 is 11.6 Å². The maximum Gasteiger partial charge on any atom is 0.236 e. The van der Waals surface area contributed by atoms with Crippen molar-refractivity contribution in [1.29, 1.82) is 0 Å². The monoisotopic (exact) mass is 238 g/mol. The quantitative estimate of drug-likeness (QED) is 0.825. The van der Waals surface area contributed by atoms with Crippen molar-refractivity contribution in [3.05, 3.63) is 30.1 Å². The van der Waals surface area contributed by atoms with Gasteiger partial charge in [-0.2, -0.15) is 0 Å². The number of carbonyl (C=O) groups excluding carboxylic acids is 1. The van der Waals surface area contributed by atoms with Crippen LogP contribution >= 0.6 is 0 Å². The second-order valence-electron chi connectivity index (χ2n) is 4.55. The van der Waals surface area contributed by atoms with Crippen LogP contribution in [-0.2, 0) is 4.79 Å². The van der Waals surface area contributed by atoms with Gasteiger partial charge in [0.05, 0.1) is 6.54 Å². The minimum absolute atomic E-state index is 0.165. The molecule has 0 aliphatic heterocycles. The molecule has 0 saturated carbocycles. The Morgan fingerprint density at radius 3 is 2.41 bits per heavy atom. The van der Waals surface area contributed by atoms with E-state index in [-0.39, 0.29) is 18.3 Å². The van der Waals surface area contributed by atoms with Crippen molar-refractivity contribution in [2.75, 3.05) is 18.0 Å². The molecule has 4 heteroatoms. The van der Waals surface area contributed by atoms with Crippen LogP contribution in [0.15, 0.2) is 24.3 Å². The van der Waals surface area contributed by atoms with Gasteiger partial charge in [-0.05, 0) is 36.6 Å². The second-order valence-corrected chi connectivity index (χ2v) is 4.55. The van der Waals surface area contributed by atoms with Crippen LogP contribution < -0.4 is 10.6 Å². The molecule has 0 aliphatic carbocycles. The van der Waals surface area contributed by atoms with Gasteiger partial charge < -0.3 is 10.6 Å². The third kappa shape index (κ3) is 4.85. The molecule has 94 valence electrons. The van der Waals surface area contributed by atoms with E-state index in [1.54, 1.807) is 12.1 Å². The fraction of sp³-hybridized carbons (Fsp3) is 0.462. The summed E-state index contributed by atoms with van der Waals surface area (Å²) in [6.45, 7) is 5.14. The standard InChI is InChI=1S/C13H19FN2O/c1-10(2)7-8-16(9-13(15)17)12-5-3-11(14)4-6-12/h3-6,10H,7-9H2,1-2H3,(H2,15,17). The van der Waals surface area contributed by atoms with Crippen molar-refractivity contribution in [3.63, 3.8) is 0 Å². The molecule has 0 atom stereocenters. The molecule has 1 aromatic rings. The number of nitrogens with zero attached hydrogens (tertiary/aromatic N) is 1. The highest BCUT2D eigenvalue weighted by Crippen LogP contribution is 2.16. The first-order valence-corrected chi connectivity index (χ1v) is 5.78. The van der Waals surface area contributed by atoms with E-state index in [1.165, 1.54) is 12.1 Å². The molecule has 2 N–H and O–H groups in total. The molecular formula is C13H19FN2O. The number of halogens is 1. The lowest BCUT2D eigenvalue weighted by atomic mass is 10.1. The Balaban J connectivity index is 2.74. The van der Waals surface area contributed by atoms with Gasteiger partial charge in [0.2, 0.25) is 5.91 Å². The molecule has 17 heavy (non-hydrogen) atoms. The van der Waals surface area contributed by atoms with E-state index in [0.717, 1.165) is 18.7 Å². The number of anilines is 1. The summed E-state index contributed by atoms with van der Waals surface area (Å²) in [5, 5.41) is 0. The largest absolute Gasteiger partial charge is 0.368 e. The third-order valence-corrected chi connectivity index (χ3v) is 2.51. The maximum absolute atomic E-state index is 12.8. The first kappa shape index (κ1) is 13.5. The smallest absolute Gasteiger partial charge is 0.236 e. The van der Waals surface area contributed by atoms with Crippen LogP contribution in [-0.4, -0.2) is 19.0 Å². The lowest BCUT2D eigenvalue weighted by Crippen LogP contribution is -2.35. The number of primary amides is 1. The minimum atomic E-state index is -0.377. The zero-order valence-electron chi connectivity index (χ0n) is 10.3. The van der Waals surface area contributed by atoms with E-state index in [4.69, 9.17) is 5.73 Å². The Bertz CT molecular complexity index is 362. The SMILES string of the molecule is CC(C)CCN(CC(N)=O)c1ccc(F)cc1. The topological polar surface area (TPSA) is 46.3 Å². The molecule has 0 aliphatic rings. The van der Waals surface area contributed by atoms with E-state index >= 15 is 0 Å². The number of hydrogen-bond donors (Lipinski definition) is 1. The number of rotatable bonds is 6. The molecule has 0 saturated heterocycles. The van der Waals surface area contributed by atoms with Gasteiger partial charge in [-0.15, -0.1) is 0 Å². The van der Waals surface area contributed by atoms with Gasteiger partial charge in [0.15, 0.2) is 0 Å². The van der Waals surface area contributed by atoms with Crippen molar-refractivity contribution in [1.82, 2.24) is 0 Å². The normalized spacial score (nSPS) is 10.6. The molecule has 1 amide bonds. The molecule has 1 aromatic carbocycles. The van der Waals surface area contributed by atoms with Gasteiger partial charge in [-0.25, -0.2) is 4.39 Å². The average Bonchev–Trinajstić information content (AvgIpc) is 2.25. The van der Waals surface area contributed by atoms with Crippen molar-refractivity contribution < 1.29 is 9.18 Å². The summed E-state index contributed by atoms with van der Waals surface area (Å²) in [4.78, 5) is 12.9. The first-order valence-electron chi connectivity index (χ1n) is 5.78. The van der Waals surface area contributed by atoms with Gasteiger partial charge in [0.25, 0.3) is 0 Å². The van der Waals surface area contributed by atoms with Crippen LogP contribution in [0.1, 0.15) is 20.3 Å². The number of hydrogen-bond acceptors (Lipinski definition) is 2. The van der Waals surface area contributed by atoms with Crippen LogP contribution in [0.2, 0.25) is 0 Å². The van der Waals surface area contributed by atoms with Crippen LogP contribution in [0.5, 0.6) is 0 Å². The Morgan fingerprint density at radius 1 is 1.35 bits per heavy atom. The van der Waals surface area contributed by atoms with Gasteiger partial charge >= 0.3 is 0 Å². The summed E-state index contributed by atoms with van der Waals surface area (Å²) in [5.41, 5.74) is 6.04. The van der Waals surface area contributed by atoms with E-state index in [0.29, 0.717) is 5.92 Å². The molecule has 0 unspecified atom stereocenters. The molecule has 0 heterocycles. The first-order chi connectivity index (χ1) is 7.99. The van der Waals surface area contributed by atoms with E-state index < -0.39 is 0 Å². The van der Waals surface area contributed by atoms with Crippen LogP contribution in [0.25, 0.3) is 0 Å². The fourth-order valence-electron chi connectivity index (χ4n) is 1.55. The minimum Gasteiger partial charge on any atom is -0.368 e. The number of nitrogens with two attached hydrogens (primary N) is 1. The fourth-order valence-corrected chi connectivity index (χ4v) is 1.55. The van der Waals surface area contributed by atoms with Crippen LogP contribution in [0.3, 0.4) is 0 Å². The van der Waals surface area contributed by atoms with Gasteiger partial charge in [-0.1, -0.05) is 13.8 Å². The Kier molecular flexibility index (Phi) is 4.94. The summed E-state index contributed by atoms with van der Waals surface area (Å²) in [5.74, 6) is -0.111. The summed E-state index contributed by atoms with van der Waals surface area (Å²) in [6, 6.07) is 6.11. The van der Waals surface area contributed by atoms with Crippen LogP contribution in [0, 0.1) is 11.7 Å². The lowest BCUT2D eigenvalue weighted by Gasteiger charge is -2.24. The predicted octanol–water partition coefficient (Wildman–Crippen LogP) is 2.16. The van der Waals surface area contributed by atoms with Gasteiger partial charge in [0.1, 0.15) is 5.82 Å². The van der Waals surface area contributed by atoms with Gasteiger partial charge in [0, 0.05) is 12.2 Å². The number of carbonyl (C=O) groups is 1. The maximum atomic E-state index is 12.8. The predicted molar refractivity (Wildman–Crippen MR) is 67.3 cm³/mol. The molecular weight excluding hydrogens is 219 g/mol. The van der Waals surface area contributed by atoms with E-state index in [2.05, 4.69) is 13.8 Å². The average molecular weight is 238 g/mol. The lowest BCUT2D eigenvalue weighted by molar-refractivity contribution is -0.116. The highest BCUT2D eigenvalue weighted by atomic mass is 19.1. The Labute approximate surface area is 101 Å². The zero-order chi connectivity index (χ0) is 12.8. The van der Waals surface area contributed by atoms with E-state index in [1.807, 2.05) is 4.90 Å². The molecule has 3 nitrogen and oxygen atoms in total. The highest BCUT2D eigenvalue weighted by Gasteiger charge is 2.10. The second kappa shape index (κ2) is 6.23. The van der Waals surface area contributed by atoms with Crippen LogP contribution in [0.4, 0.5) is 10.1 Å². The van der Waals surface area contributed by atoms with Gasteiger partial charge in [-0.3, -0.25) is 4.79 Å². The zero-order valence-corrected chi connectivity index (χ0v) is 10.3. The Hall–Kier alpha value is -1.58. The van der Waals surface area contributed by atoms with Crippen molar-refractivity contribution in [2.24, 2.45) is 11.7 Å². The molecule has 0 aromatic heterocycles.